The third-order valence-corrected chi connectivity index (χ3v) is 2.90. The lowest BCUT2D eigenvalue weighted by molar-refractivity contribution is -0.133. The maximum atomic E-state index is 11.9. The Bertz CT molecular complexity index is 392. The van der Waals surface area contributed by atoms with Crippen molar-refractivity contribution < 1.29 is 9.32 Å². The lowest BCUT2D eigenvalue weighted by Crippen LogP contribution is -2.41. The zero-order valence-electron chi connectivity index (χ0n) is 10.0. The molecule has 1 fully saturated rings. The zero-order chi connectivity index (χ0) is 11.7. The summed E-state index contributed by atoms with van der Waals surface area (Å²) in [4.78, 5) is 13.7. The third-order valence-electron chi connectivity index (χ3n) is 2.90. The van der Waals surface area contributed by atoms with Crippen LogP contribution in [0, 0.1) is 6.92 Å². The molecule has 1 amide bonds. The van der Waals surface area contributed by atoms with Crippen LogP contribution in [0.15, 0.2) is 10.6 Å². The second-order valence-electron chi connectivity index (χ2n) is 4.35. The fourth-order valence-electron chi connectivity index (χ4n) is 2.13. The predicted octanol–water partition coefficient (Wildman–Crippen LogP) is 1.42. The van der Waals surface area contributed by atoms with Gasteiger partial charge in [-0.25, -0.2) is 0 Å². The topological polar surface area (TPSA) is 72.4 Å². The lowest BCUT2D eigenvalue weighted by atomic mass is 10.1. The van der Waals surface area contributed by atoms with Crippen LogP contribution in [-0.2, 0) is 4.79 Å². The molecule has 2 rings (SSSR count). The summed E-state index contributed by atoms with van der Waals surface area (Å²) >= 11 is 0. The van der Waals surface area contributed by atoms with Crippen molar-refractivity contribution >= 4 is 18.3 Å². The van der Waals surface area contributed by atoms with E-state index in [1.165, 1.54) is 0 Å². The second kappa shape index (κ2) is 5.51. The molecule has 0 radical (unpaired) electrons. The summed E-state index contributed by atoms with van der Waals surface area (Å²) in [6, 6.07) is 1.45. The minimum Gasteiger partial charge on any atom is -0.359 e. The summed E-state index contributed by atoms with van der Waals surface area (Å²) in [6.45, 7) is 4.34. The number of aryl methyl sites for hydroxylation is 1. The highest BCUT2D eigenvalue weighted by Crippen LogP contribution is 2.32. The van der Waals surface area contributed by atoms with Crippen molar-refractivity contribution in [3.63, 3.8) is 0 Å². The number of carbonyl (C=O) groups excluding carboxylic acids is 1. The molecule has 5 nitrogen and oxygen atoms in total. The molecule has 1 aromatic rings. The Balaban J connectivity index is 0.00000144. The Kier molecular flexibility index (Phi) is 4.54. The molecule has 2 atom stereocenters. The minimum atomic E-state index is -0.454. The molecule has 1 aliphatic heterocycles. The van der Waals surface area contributed by atoms with Gasteiger partial charge in [0.2, 0.25) is 5.91 Å². The Hall–Kier alpha value is -1.07. The highest BCUT2D eigenvalue weighted by Gasteiger charge is 2.33. The monoisotopic (exact) mass is 259 g/mol. The van der Waals surface area contributed by atoms with E-state index in [2.05, 4.69) is 5.16 Å². The summed E-state index contributed by atoms with van der Waals surface area (Å²) in [5.41, 5.74) is 6.47. The molecule has 96 valence electrons. The van der Waals surface area contributed by atoms with Crippen LogP contribution < -0.4 is 5.73 Å². The van der Waals surface area contributed by atoms with E-state index in [0.29, 0.717) is 0 Å². The van der Waals surface area contributed by atoms with Crippen LogP contribution in [0.5, 0.6) is 0 Å². The van der Waals surface area contributed by atoms with Crippen LogP contribution >= 0.6 is 12.4 Å². The van der Waals surface area contributed by atoms with Crippen molar-refractivity contribution in [3.05, 3.63) is 17.5 Å². The van der Waals surface area contributed by atoms with Gasteiger partial charge in [-0.05, 0) is 26.7 Å². The molecular weight excluding hydrogens is 242 g/mol. The van der Waals surface area contributed by atoms with Crippen LogP contribution in [0.2, 0.25) is 0 Å². The van der Waals surface area contributed by atoms with Gasteiger partial charge in [-0.2, -0.15) is 0 Å². The van der Waals surface area contributed by atoms with Gasteiger partial charge in [0, 0.05) is 12.6 Å². The van der Waals surface area contributed by atoms with E-state index in [1.54, 1.807) is 11.8 Å². The summed E-state index contributed by atoms with van der Waals surface area (Å²) < 4.78 is 5.22. The van der Waals surface area contributed by atoms with Crippen molar-refractivity contribution in [1.29, 1.82) is 0 Å². The van der Waals surface area contributed by atoms with Gasteiger partial charge in [0.25, 0.3) is 0 Å². The predicted molar refractivity (Wildman–Crippen MR) is 65.8 cm³/mol. The van der Waals surface area contributed by atoms with Gasteiger partial charge in [0.1, 0.15) is 0 Å². The van der Waals surface area contributed by atoms with Crippen molar-refractivity contribution in [1.82, 2.24) is 10.1 Å². The quantitative estimate of drug-likeness (QED) is 0.872. The number of halogens is 1. The first kappa shape index (κ1) is 14.0. The molecule has 2 heterocycles. The van der Waals surface area contributed by atoms with E-state index >= 15 is 0 Å². The molecule has 0 aliphatic carbocycles. The van der Waals surface area contributed by atoms with Gasteiger partial charge in [0.05, 0.1) is 17.8 Å². The van der Waals surface area contributed by atoms with Crippen molar-refractivity contribution in [2.75, 3.05) is 6.54 Å². The Morgan fingerprint density at radius 3 is 2.94 bits per heavy atom. The Morgan fingerprint density at radius 1 is 1.71 bits per heavy atom. The lowest BCUT2D eigenvalue weighted by Gasteiger charge is -2.24. The number of nitrogens with two attached hydrogens (primary N) is 1. The van der Waals surface area contributed by atoms with Crippen LogP contribution in [0.3, 0.4) is 0 Å². The average Bonchev–Trinajstić information content (AvgIpc) is 2.83. The smallest absolute Gasteiger partial charge is 0.239 e. The number of carbonyl (C=O) groups is 1. The van der Waals surface area contributed by atoms with Gasteiger partial charge < -0.3 is 15.2 Å². The van der Waals surface area contributed by atoms with Gasteiger partial charge in [-0.3, -0.25) is 4.79 Å². The Labute approximate surface area is 107 Å². The SMILES string of the molecule is Cc1cc(C2CCCN2C(=O)[C@@H](C)N)on1.Cl. The number of aromatic nitrogens is 1. The first-order valence-corrected chi connectivity index (χ1v) is 5.59. The van der Waals surface area contributed by atoms with Gasteiger partial charge in [-0.15, -0.1) is 12.4 Å². The van der Waals surface area contributed by atoms with Crippen molar-refractivity contribution in [2.24, 2.45) is 5.73 Å². The third kappa shape index (κ3) is 2.79. The molecular formula is C11H18ClN3O2. The molecule has 0 aromatic carbocycles. The van der Waals surface area contributed by atoms with Crippen LogP contribution in [0.1, 0.15) is 37.3 Å². The van der Waals surface area contributed by atoms with Gasteiger partial charge in [0.15, 0.2) is 5.76 Å². The highest BCUT2D eigenvalue weighted by atomic mass is 35.5. The molecule has 0 spiro atoms. The summed E-state index contributed by atoms with van der Waals surface area (Å²) in [5, 5.41) is 3.86. The van der Waals surface area contributed by atoms with Crippen molar-refractivity contribution in [2.45, 2.75) is 38.8 Å². The van der Waals surface area contributed by atoms with E-state index in [1.807, 2.05) is 13.0 Å². The van der Waals surface area contributed by atoms with Crippen LogP contribution in [-0.4, -0.2) is 28.6 Å². The molecule has 6 heteroatoms. The van der Waals surface area contributed by atoms with Crippen molar-refractivity contribution in [3.8, 4) is 0 Å². The number of amides is 1. The number of rotatable bonds is 2. The van der Waals surface area contributed by atoms with E-state index in [4.69, 9.17) is 10.3 Å². The molecule has 0 saturated carbocycles. The molecule has 17 heavy (non-hydrogen) atoms. The highest BCUT2D eigenvalue weighted by molar-refractivity contribution is 5.85. The summed E-state index contributed by atoms with van der Waals surface area (Å²) in [7, 11) is 0. The average molecular weight is 260 g/mol. The molecule has 1 unspecified atom stereocenters. The largest absolute Gasteiger partial charge is 0.359 e. The fraction of sp³-hybridized carbons (Fsp3) is 0.636. The number of likely N-dealkylation sites (tertiary alicyclic amines) is 1. The zero-order valence-corrected chi connectivity index (χ0v) is 10.9. The van der Waals surface area contributed by atoms with Crippen LogP contribution in [0.25, 0.3) is 0 Å². The second-order valence-corrected chi connectivity index (χ2v) is 4.35. The maximum Gasteiger partial charge on any atom is 0.239 e. The number of hydrogen-bond acceptors (Lipinski definition) is 4. The maximum absolute atomic E-state index is 11.9. The summed E-state index contributed by atoms with van der Waals surface area (Å²) in [5.74, 6) is 0.751. The Morgan fingerprint density at radius 2 is 2.41 bits per heavy atom. The normalized spacial score (nSPS) is 21.1. The fourth-order valence-corrected chi connectivity index (χ4v) is 2.13. The van der Waals surface area contributed by atoms with E-state index < -0.39 is 6.04 Å². The van der Waals surface area contributed by atoms with Gasteiger partial charge >= 0.3 is 0 Å². The van der Waals surface area contributed by atoms with Gasteiger partial charge in [-0.1, -0.05) is 5.16 Å². The van der Waals surface area contributed by atoms with E-state index in [-0.39, 0.29) is 24.4 Å². The summed E-state index contributed by atoms with van der Waals surface area (Å²) in [6.07, 6.45) is 1.91. The van der Waals surface area contributed by atoms with E-state index in [9.17, 15) is 4.79 Å². The minimum absolute atomic E-state index is 0. The molecule has 2 N–H and O–H groups in total. The van der Waals surface area contributed by atoms with E-state index in [0.717, 1.165) is 30.8 Å². The molecule has 1 aliphatic rings. The number of nitrogens with zero attached hydrogens (tertiary/aromatic N) is 2. The first-order valence-electron chi connectivity index (χ1n) is 5.59. The first-order chi connectivity index (χ1) is 7.59. The van der Waals surface area contributed by atoms with Crippen LogP contribution in [0.4, 0.5) is 0 Å². The molecule has 1 aromatic heterocycles. The number of hydrogen-bond donors (Lipinski definition) is 1. The molecule has 0 bridgehead atoms. The standard InChI is InChI=1S/C11H17N3O2.ClH/c1-7-6-10(16-13-7)9-4-3-5-14(9)11(15)8(2)12;/h6,8-9H,3-5,12H2,1-2H3;1H/t8-,9?;/m1./s1. The molecule has 1 saturated heterocycles.